The van der Waals surface area contributed by atoms with Crippen LogP contribution in [0.5, 0.6) is 0 Å². The van der Waals surface area contributed by atoms with Crippen molar-refractivity contribution in [2.45, 2.75) is 222 Å². The van der Waals surface area contributed by atoms with Crippen molar-refractivity contribution in [3.63, 3.8) is 0 Å². The fraction of sp³-hybridized carbons (Fsp3) is 0.860. The van der Waals surface area contributed by atoms with Gasteiger partial charge in [0.2, 0.25) is 5.91 Å². The first-order chi connectivity index (χ1) is 32.2. The van der Waals surface area contributed by atoms with E-state index in [4.69, 9.17) is 28.4 Å². The minimum atomic E-state index is -2.34. The van der Waals surface area contributed by atoms with E-state index in [0.717, 1.165) is 57.8 Å². The van der Waals surface area contributed by atoms with Gasteiger partial charge in [-0.1, -0.05) is 71.6 Å². The lowest BCUT2D eigenvalue weighted by molar-refractivity contribution is -0.367. The number of fused-ring (bicyclic) bond motifs is 5. The van der Waals surface area contributed by atoms with Gasteiger partial charge in [0.25, 0.3) is 0 Å². The Balaban J connectivity index is 1.23. The second-order valence-electron chi connectivity index (χ2n) is 22.2. The maximum atomic E-state index is 15.8. The molecule has 0 radical (unpaired) electrons. The van der Waals surface area contributed by atoms with Gasteiger partial charge in [0.1, 0.15) is 48.3 Å². The highest BCUT2D eigenvalue weighted by Gasteiger charge is 2.78. The zero-order chi connectivity index (χ0) is 49.1. The van der Waals surface area contributed by atoms with E-state index in [2.05, 4.69) is 5.32 Å². The highest BCUT2D eigenvalue weighted by molar-refractivity contribution is 5.93. The Kier molecular flexibility index (Phi) is 15.0. The van der Waals surface area contributed by atoms with Crippen LogP contribution < -0.4 is 5.32 Å². The predicted molar refractivity (Wildman–Crippen MR) is 238 cm³/mol. The van der Waals surface area contributed by atoms with Crippen molar-refractivity contribution in [1.29, 1.82) is 0 Å². The van der Waals surface area contributed by atoms with Crippen LogP contribution in [0.1, 0.15) is 144 Å². The maximum Gasteiger partial charge on any atom is 0.337 e. The Hall–Kier alpha value is -3.07. The van der Waals surface area contributed by atoms with E-state index in [0.29, 0.717) is 38.5 Å². The average Bonchev–Trinajstić information content (AvgIpc) is 3.31. The van der Waals surface area contributed by atoms with Crippen molar-refractivity contribution in [1.82, 2.24) is 5.32 Å². The second-order valence-corrected chi connectivity index (χ2v) is 22.2. The van der Waals surface area contributed by atoms with Crippen molar-refractivity contribution in [3.8, 4) is 0 Å². The van der Waals surface area contributed by atoms with Gasteiger partial charge in [0.05, 0.1) is 42.6 Å². The molecule has 1 amide bonds. The number of ether oxygens (including phenoxy) is 6. The van der Waals surface area contributed by atoms with E-state index in [-0.39, 0.29) is 41.9 Å². The SMILES string of the molecule is CC(=O)OC12COC1CC(OC1OCC(O)C(O)C1O)C1(C)C(=O)C(O)C3=C(C)C(OC(=O)C(O)C(NC(=O)C4CCCCC4)C4CCCCC4)CC(O)(C(OC(=O)C4CCCCC4)C21)C3(C)C. The summed E-state index contributed by atoms with van der Waals surface area (Å²) < 4.78 is 37.3. The lowest BCUT2D eigenvalue weighted by atomic mass is 9.44. The Morgan fingerprint density at radius 2 is 1.41 bits per heavy atom. The number of amides is 1. The van der Waals surface area contributed by atoms with Crippen LogP contribution in [0.25, 0.3) is 0 Å². The quantitative estimate of drug-likeness (QED) is 0.0890. The smallest absolute Gasteiger partial charge is 0.337 e. The van der Waals surface area contributed by atoms with E-state index in [1.54, 1.807) is 20.8 Å². The molecule has 0 aromatic rings. The van der Waals surface area contributed by atoms with Crippen LogP contribution in [0, 0.1) is 34.5 Å². The van der Waals surface area contributed by atoms with Crippen LogP contribution in [0.2, 0.25) is 0 Å². The molecule has 2 saturated heterocycles. The molecule has 8 rings (SSSR count). The molecule has 0 aromatic carbocycles. The molecule has 15 atom stereocenters. The summed E-state index contributed by atoms with van der Waals surface area (Å²) in [4.78, 5) is 71.9. The Labute approximate surface area is 398 Å². The van der Waals surface area contributed by atoms with Gasteiger partial charge < -0.3 is 64.4 Å². The Morgan fingerprint density at radius 3 is 2.00 bits per heavy atom. The fourth-order valence-electron chi connectivity index (χ4n) is 13.8. The lowest BCUT2D eigenvalue weighted by Crippen LogP contribution is -2.82. The third-order valence-electron chi connectivity index (χ3n) is 17.9. The summed E-state index contributed by atoms with van der Waals surface area (Å²) in [5, 5.41) is 73.7. The number of hydrogen-bond acceptors (Lipinski definition) is 17. The number of Topliss-reactive ketones (excluding diaryl/α,β-unsaturated/α-hetero) is 1. The fourth-order valence-corrected chi connectivity index (χ4v) is 13.8. The first-order valence-electron chi connectivity index (χ1n) is 25.3. The topological polar surface area (TPSA) is 274 Å². The van der Waals surface area contributed by atoms with Crippen molar-refractivity contribution < 1.29 is 83.0 Å². The first-order valence-corrected chi connectivity index (χ1v) is 25.3. The zero-order valence-corrected chi connectivity index (χ0v) is 40.3. The molecule has 2 heterocycles. The van der Waals surface area contributed by atoms with E-state index >= 15 is 4.79 Å². The number of hydrogen-bond donors (Lipinski definition) is 7. The molecule has 8 aliphatic rings. The number of aliphatic hydroxyl groups excluding tert-OH is 5. The van der Waals surface area contributed by atoms with Gasteiger partial charge in [-0.3, -0.25) is 19.2 Å². The summed E-state index contributed by atoms with van der Waals surface area (Å²) in [6, 6.07) is -0.967. The van der Waals surface area contributed by atoms with Crippen molar-refractivity contribution in [2.24, 2.45) is 34.5 Å². The minimum Gasteiger partial charge on any atom is -0.459 e. The number of carbonyl (C=O) groups excluding carboxylic acids is 5. The van der Waals surface area contributed by atoms with Gasteiger partial charge in [0, 0.05) is 31.1 Å². The molecule has 7 N–H and O–H groups in total. The second kappa shape index (κ2) is 19.9. The summed E-state index contributed by atoms with van der Waals surface area (Å²) in [6.07, 6.45) is -5.01. The molecule has 15 unspecified atom stereocenters. The number of ketones is 1. The summed E-state index contributed by atoms with van der Waals surface area (Å²) in [5.74, 6) is -6.24. The number of carbonyl (C=O) groups is 5. The van der Waals surface area contributed by atoms with E-state index in [1.807, 2.05) is 0 Å². The summed E-state index contributed by atoms with van der Waals surface area (Å²) in [6.45, 7) is 6.66. The maximum absolute atomic E-state index is 15.8. The zero-order valence-electron chi connectivity index (χ0n) is 40.3. The highest BCUT2D eigenvalue weighted by atomic mass is 16.7. The molecule has 2 aliphatic heterocycles. The average molecular weight is 962 g/mol. The monoisotopic (exact) mass is 962 g/mol. The molecule has 18 nitrogen and oxygen atoms in total. The molecular weight excluding hydrogens is 887 g/mol. The van der Waals surface area contributed by atoms with Gasteiger partial charge >= 0.3 is 17.9 Å². The summed E-state index contributed by atoms with van der Waals surface area (Å²) in [7, 11) is 0. The van der Waals surface area contributed by atoms with Gasteiger partial charge in [-0.15, -0.1) is 0 Å². The van der Waals surface area contributed by atoms with Crippen LogP contribution >= 0.6 is 0 Å². The van der Waals surface area contributed by atoms with Crippen LogP contribution in [0.15, 0.2) is 11.1 Å². The third kappa shape index (κ3) is 8.87. The van der Waals surface area contributed by atoms with Gasteiger partial charge in [-0.2, -0.15) is 0 Å². The molecule has 0 spiro atoms. The molecule has 18 heteroatoms. The number of nitrogens with one attached hydrogen (secondary N) is 1. The molecule has 7 fully saturated rings. The Morgan fingerprint density at radius 1 is 0.809 bits per heavy atom. The standard InChI is InChI=1S/C50H75NO17/c1-25-31(65-45(61)38(56)35(27-15-9-6-10-16-27)51-43(59)28-17-11-7-12-18-28)22-50(62)42(67-44(60)29-19-13-8-14-20-29)40-48(5,41(58)37(55)34(25)47(50,3)4)32(21-33-49(40,24-64-33)68-26(2)52)66-46-39(57)36(54)30(53)23-63-46/h27-33,35-40,42,46,53-57,62H,6-24H2,1-5H3,(H,51,59). The number of esters is 3. The third-order valence-corrected chi connectivity index (χ3v) is 17.9. The molecule has 5 saturated carbocycles. The molecule has 2 bridgehead atoms. The normalized spacial score (nSPS) is 41.1. The predicted octanol–water partition coefficient (Wildman–Crippen LogP) is 2.37. The van der Waals surface area contributed by atoms with Crippen molar-refractivity contribution >= 4 is 29.6 Å². The first kappa shape index (κ1) is 51.3. The van der Waals surface area contributed by atoms with Crippen LogP contribution in [0.4, 0.5) is 0 Å². The minimum absolute atomic E-state index is 0.0314. The van der Waals surface area contributed by atoms with E-state index < -0.39 is 138 Å². The van der Waals surface area contributed by atoms with Crippen LogP contribution in [0.3, 0.4) is 0 Å². The van der Waals surface area contributed by atoms with Crippen LogP contribution in [-0.2, 0) is 52.4 Å². The number of aliphatic hydroxyl groups is 6. The van der Waals surface area contributed by atoms with Crippen molar-refractivity contribution in [3.05, 3.63) is 11.1 Å². The molecule has 382 valence electrons. The highest BCUT2D eigenvalue weighted by Crippen LogP contribution is 2.65. The molecule has 68 heavy (non-hydrogen) atoms. The van der Waals surface area contributed by atoms with Crippen molar-refractivity contribution in [2.75, 3.05) is 13.2 Å². The molecular formula is C50H75NO17. The number of rotatable bonds is 11. The lowest BCUT2D eigenvalue weighted by Gasteiger charge is -2.68. The summed E-state index contributed by atoms with van der Waals surface area (Å²) in [5.41, 5.74) is -7.65. The van der Waals surface area contributed by atoms with Gasteiger partial charge in [-0.25, -0.2) is 4.79 Å². The van der Waals surface area contributed by atoms with Gasteiger partial charge in [-0.05, 0) is 69.4 Å². The Bertz CT molecular complexity index is 1940. The van der Waals surface area contributed by atoms with E-state index in [1.165, 1.54) is 13.8 Å². The molecule has 6 aliphatic carbocycles. The molecule has 0 aromatic heterocycles. The van der Waals surface area contributed by atoms with E-state index in [9.17, 15) is 49.8 Å². The largest absolute Gasteiger partial charge is 0.459 e. The summed E-state index contributed by atoms with van der Waals surface area (Å²) >= 11 is 0. The van der Waals surface area contributed by atoms with Crippen LogP contribution in [-0.4, -0.2) is 152 Å². The van der Waals surface area contributed by atoms with Gasteiger partial charge in [0.15, 0.2) is 23.8 Å².